The highest BCUT2D eigenvalue weighted by Crippen LogP contribution is 2.04. The molecule has 12 heteroatoms. The second kappa shape index (κ2) is 12.1. The molecule has 39 heavy (non-hydrogen) atoms. The Kier molecular flexibility index (Phi) is 8.27. The molecule has 1 aromatic heterocycles. The van der Waals surface area contributed by atoms with Gasteiger partial charge in [0.05, 0.1) is 0 Å². The van der Waals surface area contributed by atoms with Gasteiger partial charge in [0.25, 0.3) is 0 Å². The lowest BCUT2D eigenvalue weighted by Crippen LogP contribution is -2.59. The quantitative estimate of drug-likeness (QED) is 0.343. The van der Waals surface area contributed by atoms with Crippen LogP contribution in [0.4, 0.5) is 14.4 Å². The van der Waals surface area contributed by atoms with Gasteiger partial charge < -0.3 is 14.2 Å². The number of nitrogens with zero attached hydrogens (tertiary/aromatic N) is 3. The van der Waals surface area contributed by atoms with Crippen LogP contribution in [0.1, 0.15) is 16.7 Å². The number of rotatable bonds is 6. The van der Waals surface area contributed by atoms with Gasteiger partial charge in [0.15, 0.2) is 0 Å². The van der Waals surface area contributed by atoms with E-state index in [0.717, 1.165) is 0 Å². The smallest absolute Gasteiger partial charge is 0.426 e. The minimum atomic E-state index is -1.67. The second-order valence-corrected chi connectivity index (χ2v) is 7.97. The maximum atomic E-state index is 13.0. The predicted molar refractivity (Wildman–Crippen MR) is 135 cm³/mol. The lowest BCUT2D eigenvalue weighted by Gasteiger charge is -2.12. The van der Waals surface area contributed by atoms with Crippen LogP contribution in [0.25, 0.3) is 0 Å². The Bertz CT molecular complexity index is 1430. The molecule has 0 amide bonds. The number of hydrogen-bond acceptors (Lipinski definition) is 9. The standard InChI is InChI=1S/C27H21N3O9/c31-22-28(25(34)37-16-19-10-4-1-5-11-19)23(32)30(27(36)39-18-21-14-8-3-9-15-21)24(33)29(22)26(35)38-17-20-12-6-2-7-13-20/h1-15H,16-18H2. The van der Waals surface area contributed by atoms with Gasteiger partial charge in [-0.2, -0.15) is 0 Å². The maximum absolute atomic E-state index is 13.0. The molecule has 0 unspecified atom stereocenters. The van der Waals surface area contributed by atoms with Crippen molar-refractivity contribution < 1.29 is 28.6 Å². The zero-order valence-electron chi connectivity index (χ0n) is 20.3. The molecule has 0 atom stereocenters. The molecule has 0 aliphatic heterocycles. The third kappa shape index (κ3) is 6.25. The molecule has 0 N–H and O–H groups in total. The average molecular weight is 531 g/mol. The summed E-state index contributed by atoms with van der Waals surface area (Å²) in [5, 5.41) is 0. The van der Waals surface area contributed by atoms with Crippen molar-refractivity contribution in [3.8, 4) is 0 Å². The SMILES string of the molecule is O=C(OCc1ccccc1)n1c(=O)n(C(=O)OCc2ccccc2)c(=O)n(C(=O)OCc2ccccc2)c1=O. The van der Waals surface area contributed by atoms with Crippen LogP contribution in [0.5, 0.6) is 0 Å². The summed E-state index contributed by atoms with van der Waals surface area (Å²) in [5.74, 6) is 0. The van der Waals surface area contributed by atoms with E-state index in [0.29, 0.717) is 16.7 Å². The third-order valence-corrected chi connectivity index (χ3v) is 5.31. The summed E-state index contributed by atoms with van der Waals surface area (Å²) in [5.41, 5.74) is -3.44. The van der Waals surface area contributed by atoms with E-state index in [1.165, 1.54) is 0 Å². The van der Waals surface area contributed by atoms with E-state index in [9.17, 15) is 28.8 Å². The molecule has 1 heterocycles. The van der Waals surface area contributed by atoms with Crippen LogP contribution in [0, 0.1) is 0 Å². The van der Waals surface area contributed by atoms with Crippen LogP contribution in [-0.2, 0) is 34.0 Å². The molecule has 12 nitrogen and oxygen atoms in total. The molecule has 0 fully saturated rings. The van der Waals surface area contributed by atoms with E-state index < -0.39 is 35.3 Å². The first-order valence-electron chi connectivity index (χ1n) is 11.5. The molecular weight excluding hydrogens is 510 g/mol. The van der Waals surface area contributed by atoms with E-state index in [2.05, 4.69) is 0 Å². The normalized spacial score (nSPS) is 10.5. The van der Waals surface area contributed by atoms with Crippen LogP contribution >= 0.6 is 0 Å². The first kappa shape index (κ1) is 26.5. The molecular formula is C27H21N3O9. The number of benzene rings is 3. The van der Waals surface area contributed by atoms with Gasteiger partial charge in [-0.15, -0.1) is 13.7 Å². The van der Waals surface area contributed by atoms with E-state index in [1.54, 1.807) is 91.0 Å². The summed E-state index contributed by atoms with van der Waals surface area (Å²) in [6.45, 7) is -1.04. The molecule has 0 saturated carbocycles. The Labute approximate surface area is 219 Å². The maximum Gasteiger partial charge on any atom is 0.426 e. The number of carbonyl (C=O) groups is 3. The van der Waals surface area contributed by atoms with Crippen molar-refractivity contribution in [1.29, 1.82) is 0 Å². The van der Waals surface area contributed by atoms with Gasteiger partial charge in [-0.1, -0.05) is 91.0 Å². The summed E-state index contributed by atoms with van der Waals surface area (Å²) in [6.07, 6.45) is -4.57. The minimum absolute atomic E-state index is 0.155. The van der Waals surface area contributed by atoms with Gasteiger partial charge in [0, 0.05) is 0 Å². The predicted octanol–water partition coefficient (Wildman–Crippen LogP) is 2.73. The highest BCUT2D eigenvalue weighted by molar-refractivity contribution is 5.75. The fraction of sp³-hybridized carbons (Fsp3) is 0.111. The fourth-order valence-corrected chi connectivity index (χ4v) is 3.37. The van der Waals surface area contributed by atoms with Crippen LogP contribution in [-0.4, -0.2) is 32.0 Å². The van der Waals surface area contributed by atoms with Crippen molar-refractivity contribution in [3.05, 3.63) is 139 Å². The molecule has 0 bridgehead atoms. The molecule has 4 rings (SSSR count). The zero-order valence-corrected chi connectivity index (χ0v) is 20.3. The Balaban J connectivity index is 1.70. The lowest BCUT2D eigenvalue weighted by molar-refractivity contribution is 0.125. The zero-order chi connectivity index (χ0) is 27.8. The van der Waals surface area contributed by atoms with E-state index >= 15 is 0 Å². The molecule has 0 aliphatic rings. The highest BCUT2D eigenvalue weighted by Gasteiger charge is 2.29. The Hall–Kier alpha value is -5.52. The molecule has 0 radical (unpaired) electrons. The molecule has 198 valence electrons. The molecule has 3 aromatic carbocycles. The average Bonchev–Trinajstić information content (AvgIpc) is 2.95. The molecule has 4 aromatic rings. The van der Waals surface area contributed by atoms with Gasteiger partial charge in [-0.05, 0) is 16.7 Å². The molecule has 0 saturated heterocycles. The molecule has 0 spiro atoms. The van der Waals surface area contributed by atoms with Gasteiger partial charge >= 0.3 is 35.3 Å². The summed E-state index contributed by atoms with van der Waals surface area (Å²) in [6, 6.07) is 25.0. The summed E-state index contributed by atoms with van der Waals surface area (Å²) in [4.78, 5) is 77.4. The highest BCUT2D eigenvalue weighted by atomic mass is 16.6. The first-order chi connectivity index (χ1) is 18.9. The first-order valence-corrected chi connectivity index (χ1v) is 11.5. The Morgan fingerprint density at radius 3 is 0.897 bits per heavy atom. The van der Waals surface area contributed by atoms with Crippen LogP contribution in [0.2, 0.25) is 0 Å². The second-order valence-electron chi connectivity index (χ2n) is 7.97. The summed E-state index contributed by atoms with van der Waals surface area (Å²) >= 11 is 0. The van der Waals surface area contributed by atoms with E-state index in [1.807, 2.05) is 0 Å². The van der Waals surface area contributed by atoms with Crippen molar-refractivity contribution in [3.63, 3.8) is 0 Å². The van der Waals surface area contributed by atoms with E-state index in [-0.39, 0.29) is 33.5 Å². The number of ether oxygens (including phenoxy) is 3. The van der Waals surface area contributed by atoms with Crippen molar-refractivity contribution in [2.24, 2.45) is 0 Å². The van der Waals surface area contributed by atoms with Gasteiger partial charge in [0.1, 0.15) is 19.8 Å². The fourth-order valence-electron chi connectivity index (χ4n) is 3.37. The van der Waals surface area contributed by atoms with Crippen molar-refractivity contribution in [1.82, 2.24) is 13.7 Å². The Morgan fingerprint density at radius 1 is 0.436 bits per heavy atom. The topological polar surface area (TPSA) is 145 Å². The molecule has 0 aliphatic carbocycles. The summed E-state index contributed by atoms with van der Waals surface area (Å²) < 4.78 is 14.6. The number of carbonyl (C=O) groups excluding carboxylic acids is 3. The van der Waals surface area contributed by atoms with E-state index in [4.69, 9.17) is 14.2 Å². The van der Waals surface area contributed by atoms with Crippen LogP contribution < -0.4 is 17.1 Å². The minimum Gasteiger partial charge on any atom is -0.444 e. The van der Waals surface area contributed by atoms with Crippen molar-refractivity contribution >= 4 is 18.3 Å². The third-order valence-electron chi connectivity index (χ3n) is 5.31. The number of aromatic nitrogens is 3. The van der Waals surface area contributed by atoms with Crippen LogP contribution in [0.15, 0.2) is 105 Å². The lowest BCUT2D eigenvalue weighted by atomic mass is 10.2. The Morgan fingerprint density at radius 2 is 0.667 bits per heavy atom. The van der Waals surface area contributed by atoms with Gasteiger partial charge in [-0.3, -0.25) is 0 Å². The largest absolute Gasteiger partial charge is 0.444 e. The number of hydrogen-bond donors (Lipinski definition) is 0. The summed E-state index contributed by atoms with van der Waals surface area (Å²) in [7, 11) is 0. The van der Waals surface area contributed by atoms with Crippen molar-refractivity contribution in [2.75, 3.05) is 0 Å². The van der Waals surface area contributed by atoms with Crippen molar-refractivity contribution in [2.45, 2.75) is 19.8 Å². The van der Waals surface area contributed by atoms with Gasteiger partial charge in [0.2, 0.25) is 0 Å². The van der Waals surface area contributed by atoms with Crippen LogP contribution in [0.3, 0.4) is 0 Å². The monoisotopic (exact) mass is 531 g/mol. The van der Waals surface area contributed by atoms with Gasteiger partial charge in [-0.25, -0.2) is 28.8 Å².